The summed E-state index contributed by atoms with van der Waals surface area (Å²) in [5, 5.41) is 6.43. The van der Waals surface area contributed by atoms with Crippen molar-refractivity contribution in [2.45, 2.75) is 13.5 Å². The highest BCUT2D eigenvalue weighted by Crippen LogP contribution is 2.08. The molecule has 0 unspecified atom stereocenters. The van der Waals surface area contributed by atoms with E-state index < -0.39 is 5.97 Å². The Morgan fingerprint density at radius 2 is 2.29 bits per heavy atom. The van der Waals surface area contributed by atoms with Crippen LogP contribution in [0.25, 0.3) is 0 Å². The smallest absolute Gasteiger partial charge is 0.325 e. The van der Waals surface area contributed by atoms with Crippen molar-refractivity contribution in [3.63, 3.8) is 0 Å². The summed E-state index contributed by atoms with van der Waals surface area (Å²) in [5.41, 5.74) is 1.07. The Hall–Kier alpha value is -1.56. The number of rotatable bonds is 5. The Morgan fingerprint density at radius 1 is 1.53 bits per heavy atom. The lowest BCUT2D eigenvalue weighted by Gasteiger charge is -2.16. The van der Waals surface area contributed by atoms with Crippen molar-refractivity contribution in [1.29, 1.82) is 0 Å². The van der Waals surface area contributed by atoms with Crippen molar-refractivity contribution in [2.24, 2.45) is 0 Å². The molecule has 0 radical (unpaired) electrons. The predicted octanol–water partition coefficient (Wildman–Crippen LogP) is 1.45. The molecule has 0 bridgehead atoms. The van der Waals surface area contributed by atoms with E-state index in [9.17, 15) is 9.59 Å². The Labute approximate surface area is 104 Å². The third-order valence-corrected chi connectivity index (χ3v) is 2.77. The first-order valence-corrected chi connectivity index (χ1v) is 6.23. The zero-order valence-electron chi connectivity index (χ0n) is 9.93. The van der Waals surface area contributed by atoms with Gasteiger partial charge in [-0.3, -0.25) is 4.79 Å². The highest BCUT2D eigenvalue weighted by Gasteiger charge is 2.10. The van der Waals surface area contributed by atoms with Crippen LogP contribution in [0.3, 0.4) is 0 Å². The molecule has 1 aromatic rings. The third kappa shape index (κ3) is 4.86. The van der Waals surface area contributed by atoms with Gasteiger partial charge in [-0.05, 0) is 29.3 Å². The molecule has 0 spiro atoms. The van der Waals surface area contributed by atoms with Crippen LogP contribution in [0.1, 0.15) is 12.5 Å². The number of amides is 2. The molecular formula is C11H16N2O3S. The van der Waals surface area contributed by atoms with Crippen LogP contribution < -0.4 is 5.32 Å². The molecule has 6 heteroatoms. The summed E-state index contributed by atoms with van der Waals surface area (Å²) in [6.07, 6.45) is 0. The summed E-state index contributed by atoms with van der Waals surface area (Å²) >= 11 is 1.59. The molecule has 1 aromatic heterocycles. The zero-order chi connectivity index (χ0) is 12.7. The SMILES string of the molecule is CCOC(=O)CNC(=O)N(C)Cc1ccsc1. The molecule has 0 aliphatic rings. The topological polar surface area (TPSA) is 58.6 Å². The fourth-order valence-electron chi connectivity index (χ4n) is 1.22. The number of esters is 1. The van der Waals surface area contributed by atoms with Crippen LogP contribution in [-0.2, 0) is 16.1 Å². The van der Waals surface area contributed by atoms with E-state index in [1.165, 1.54) is 4.90 Å². The first-order chi connectivity index (χ1) is 8.13. The van der Waals surface area contributed by atoms with Crippen molar-refractivity contribution >= 4 is 23.3 Å². The van der Waals surface area contributed by atoms with Crippen molar-refractivity contribution in [3.8, 4) is 0 Å². The number of urea groups is 1. The summed E-state index contributed by atoms with van der Waals surface area (Å²) in [7, 11) is 1.68. The van der Waals surface area contributed by atoms with Gasteiger partial charge in [0.05, 0.1) is 6.61 Å². The van der Waals surface area contributed by atoms with E-state index in [2.05, 4.69) is 5.32 Å². The van der Waals surface area contributed by atoms with Gasteiger partial charge in [0.25, 0.3) is 0 Å². The lowest BCUT2D eigenvalue weighted by molar-refractivity contribution is -0.141. The van der Waals surface area contributed by atoms with E-state index in [0.717, 1.165) is 5.56 Å². The van der Waals surface area contributed by atoms with Gasteiger partial charge in [0.1, 0.15) is 6.54 Å². The molecule has 17 heavy (non-hydrogen) atoms. The molecule has 0 aliphatic heterocycles. The third-order valence-electron chi connectivity index (χ3n) is 2.04. The zero-order valence-corrected chi connectivity index (χ0v) is 10.8. The maximum Gasteiger partial charge on any atom is 0.325 e. The summed E-state index contributed by atoms with van der Waals surface area (Å²) in [4.78, 5) is 24.1. The number of ether oxygens (including phenoxy) is 1. The predicted molar refractivity (Wildman–Crippen MR) is 65.8 cm³/mol. The fraction of sp³-hybridized carbons (Fsp3) is 0.455. The van der Waals surface area contributed by atoms with Crippen molar-refractivity contribution in [2.75, 3.05) is 20.2 Å². The Kier molecular flexibility index (Phi) is 5.48. The number of nitrogens with zero attached hydrogens (tertiary/aromatic N) is 1. The average Bonchev–Trinajstić information content (AvgIpc) is 2.79. The van der Waals surface area contributed by atoms with E-state index in [1.807, 2.05) is 16.8 Å². The minimum absolute atomic E-state index is 0.0966. The molecule has 94 valence electrons. The fourth-order valence-corrected chi connectivity index (χ4v) is 1.88. The lowest BCUT2D eigenvalue weighted by atomic mass is 10.3. The number of carbonyl (C=O) groups is 2. The van der Waals surface area contributed by atoms with Gasteiger partial charge in [0, 0.05) is 13.6 Å². The first kappa shape index (κ1) is 13.5. The van der Waals surface area contributed by atoms with E-state index in [1.54, 1.807) is 25.3 Å². The molecule has 0 atom stereocenters. The second-order valence-corrected chi connectivity index (χ2v) is 4.23. The van der Waals surface area contributed by atoms with Gasteiger partial charge >= 0.3 is 12.0 Å². The maximum absolute atomic E-state index is 11.6. The monoisotopic (exact) mass is 256 g/mol. The summed E-state index contributed by atoms with van der Waals surface area (Å²) in [5.74, 6) is -0.426. The molecule has 0 saturated carbocycles. The van der Waals surface area contributed by atoms with Crippen molar-refractivity contribution in [1.82, 2.24) is 10.2 Å². The average molecular weight is 256 g/mol. The molecule has 0 aliphatic carbocycles. The number of thiophene rings is 1. The summed E-state index contributed by atoms with van der Waals surface area (Å²) in [6.45, 7) is 2.47. The van der Waals surface area contributed by atoms with E-state index in [4.69, 9.17) is 4.74 Å². The van der Waals surface area contributed by atoms with Gasteiger partial charge in [0.15, 0.2) is 0 Å². The molecule has 1 rings (SSSR count). The second-order valence-electron chi connectivity index (χ2n) is 3.45. The van der Waals surface area contributed by atoms with Gasteiger partial charge in [0.2, 0.25) is 0 Å². The second kappa shape index (κ2) is 6.90. The molecule has 1 N–H and O–H groups in total. The summed E-state index contributed by atoms with van der Waals surface area (Å²) in [6, 6.07) is 1.67. The van der Waals surface area contributed by atoms with Gasteiger partial charge < -0.3 is 15.0 Å². The van der Waals surface area contributed by atoms with Crippen LogP contribution in [-0.4, -0.2) is 37.1 Å². The van der Waals surface area contributed by atoms with E-state index >= 15 is 0 Å². The number of hydrogen-bond acceptors (Lipinski definition) is 4. The molecule has 2 amide bonds. The Bertz CT molecular complexity index is 365. The number of carbonyl (C=O) groups excluding carboxylic acids is 2. The molecule has 1 heterocycles. The molecule has 5 nitrogen and oxygen atoms in total. The van der Waals surface area contributed by atoms with Crippen LogP contribution in [0.4, 0.5) is 4.79 Å². The van der Waals surface area contributed by atoms with E-state index in [-0.39, 0.29) is 12.6 Å². The van der Waals surface area contributed by atoms with Crippen molar-refractivity contribution < 1.29 is 14.3 Å². The number of hydrogen-bond donors (Lipinski definition) is 1. The Morgan fingerprint density at radius 3 is 2.88 bits per heavy atom. The van der Waals surface area contributed by atoms with Crippen molar-refractivity contribution in [3.05, 3.63) is 22.4 Å². The minimum atomic E-state index is -0.426. The minimum Gasteiger partial charge on any atom is -0.465 e. The highest BCUT2D eigenvalue weighted by molar-refractivity contribution is 7.07. The van der Waals surface area contributed by atoms with Crippen LogP contribution in [0.5, 0.6) is 0 Å². The molecule has 0 saturated heterocycles. The largest absolute Gasteiger partial charge is 0.465 e. The summed E-state index contributed by atoms with van der Waals surface area (Å²) < 4.78 is 4.71. The van der Waals surface area contributed by atoms with Gasteiger partial charge in [-0.15, -0.1) is 0 Å². The highest BCUT2D eigenvalue weighted by atomic mass is 32.1. The maximum atomic E-state index is 11.6. The van der Waals surface area contributed by atoms with E-state index in [0.29, 0.717) is 13.2 Å². The van der Waals surface area contributed by atoms with Gasteiger partial charge in [-0.2, -0.15) is 11.3 Å². The standard InChI is InChI=1S/C11H16N2O3S/c1-3-16-10(14)6-12-11(15)13(2)7-9-4-5-17-8-9/h4-5,8H,3,6-7H2,1-2H3,(H,12,15). The first-order valence-electron chi connectivity index (χ1n) is 5.29. The lowest BCUT2D eigenvalue weighted by Crippen LogP contribution is -2.39. The van der Waals surface area contributed by atoms with Gasteiger partial charge in [-0.25, -0.2) is 4.79 Å². The van der Waals surface area contributed by atoms with Gasteiger partial charge in [-0.1, -0.05) is 0 Å². The molecular weight excluding hydrogens is 240 g/mol. The van der Waals surface area contributed by atoms with Crippen LogP contribution in [0.15, 0.2) is 16.8 Å². The molecule has 0 aromatic carbocycles. The quantitative estimate of drug-likeness (QED) is 0.811. The van der Waals surface area contributed by atoms with Crippen LogP contribution in [0, 0.1) is 0 Å². The van der Waals surface area contributed by atoms with Crippen LogP contribution >= 0.6 is 11.3 Å². The Balaban J connectivity index is 2.29. The normalized spacial score (nSPS) is 9.76. The molecule has 0 fully saturated rings. The number of nitrogens with one attached hydrogen (secondary N) is 1. The van der Waals surface area contributed by atoms with Crippen LogP contribution in [0.2, 0.25) is 0 Å².